The number of nitrogens with one attached hydrogen (secondary N) is 1. The van der Waals surface area contributed by atoms with Gasteiger partial charge in [0.2, 0.25) is 0 Å². The molecule has 1 aliphatic rings. The number of phenols is 1. The van der Waals surface area contributed by atoms with E-state index in [-0.39, 0.29) is 36.1 Å². The Labute approximate surface area is 139 Å². The summed E-state index contributed by atoms with van der Waals surface area (Å²) in [5.41, 5.74) is -0.140. The summed E-state index contributed by atoms with van der Waals surface area (Å²) in [5, 5.41) is 13.1. The number of hydrogen-bond acceptors (Lipinski definition) is 4. The molecule has 2 N–H and O–H groups in total. The zero-order chi connectivity index (χ0) is 14.7. The Balaban J connectivity index is 0.00000220. The van der Waals surface area contributed by atoms with Crippen molar-refractivity contribution in [2.24, 2.45) is 0 Å². The molecule has 0 bridgehead atoms. The van der Waals surface area contributed by atoms with Crippen molar-refractivity contribution >= 4 is 24.8 Å². The van der Waals surface area contributed by atoms with Crippen LogP contribution in [0.3, 0.4) is 0 Å². The number of nitrogens with zero attached hydrogens (tertiary/aromatic N) is 1. The van der Waals surface area contributed by atoms with Gasteiger partial charge in [-0.1, -0.05) is 0 Å². The molecule has 0 aliphatic carbocycles. The molecule has 0 spiro atoms. The van der Waals surface area contributed by atoms with Gasteiger partial charge >= 0.3 is 0 Å². The fourth-order valence-electron chi connectivity index (χ4n) is 2.43. The molecule has 1 aromatic rings. The maximum absolute atomic E-state index is 13.5. The van der Waals surface area contributed by atoms with Crippen molar-refractivity contribution in [3.05, 3.63) is 23.5 Å². The Morgan fingerprint density at radius 1 is 1.23 bits per heavy atom. The van der Waals surface area contributed by atoms with E-state index in [1.807, 2.05) is 0 Å². The number of piperazine rings is 1. The first-order chi connectivity index (χ1) is 9.54. The monoisotopic (exact) mass is 362 g/mol. The molecular weight excluding hydrogens is 344 g/mol. The van der Waals surface area contributed by atoms with E-state index in [9.17, 15) is 18.3 Å². The molecule has 0 amide bonds. The summed E-state index contributed by atoms with van der Waals surface area (Å²) < 4.78 is 45.1. The number of ether oxygens (including phenoxy) is 1. The Morgan fingerprint density at radius 3 is 2.32 bits per heavy atom. The van der Waals surface area contributed by atoms with Crippen LogP contribution in [0.4, 0.5) is 13.2 Å². The van der Waals surface area contributed by atoms with Crippen molar-refractivity contribution in [3.63, 3.8) is 0 Å². The second kappa shape index (κ2) is 9.29. The van der Waals surface area contributed by atoms with E-state index in [2.05, 4.69) is 5.32 Å². The molecule has 1 saturated heterocycles. The van der Waals surface area contributed by atoms with Gasteiger partial charge in [-0.15, -0.1) is 24.8 Å². The van der Waals surface area contributed by atoms with Gasteiger partial charge in [0.1, 0.15) is 11.9 Å². The molecule has 1 fully saturated rings. The van der Waals surface area contributed by atoms with E-state index in [0.29, 0.717) is 26.2 Å². The number of hydrogen-bond donors (Lipinski definition) is 2. The van der Waals surface area contributed by atoms with Crippen LogP contribution in [-0.4, -0.2) is 49.7 Å². The molecular formula is C13H19Cl2F3N2O2. The Kier molecular flexibility index (Phi) is 8.92. The highest BCUT2D eigenvalue weighted by Gasteiger charge is 2.33. The van der Waals surface area contributed by atoms with Gasteiger partial charge in [-0.3, -0.25) is 4.90 Å². The van der Waals surface area contributed by atoms with Crippen LogP contribution in [0.1, 0.15) is 11.6 Å². The Morgan fingerprint density at radius 2 is 1.82 bits per heavy atom. The van der Waals surface area contributed by atoms with Crippen LogP contribution in [0.15, 0.2) is 12.1 Å². The molecule has 2 rings (SSSR count). The molecule has 0 saturated carbocycles. The number of methoxy groups -OCH3 is 1. The van der Waals surface area contributed by atoms with Gasteiger partial charge in [0.15, 0.2) is 11.5 Å². The van der Waals surface area contributed by atoms with Crippen molar-refractivity contribution in [1.82, 2.24) is 10.2 Å². The van der Waals surface area contributed by atoms with Gasteiger partial charge in [-0.2, -0.15) is 0 Å². The lowest BCUT2D eigenvalue weighted by atomic mass is 10.0. The van der Waals surface area contributed by atoms with Crippen LogP contribution in [0.2, 0.25) is 0 Å². The highest BCUT2D eigenvalue weighted by atomic mass is 35.5. The molecule has 9 heteroatoms. The average molecular weight is 363 g/mol. The fourth-order valence-corrected chi connectivity index (χ4v) is 2.43. The largest absolute Gasteiger partial charge is 0.504 e. The summed E-state index contributed by atoms with van der Waals surface area (Å²) in [7, 11) is 1.25. The average Bonchev–Trinajstić information content (AvgIpc) is 2.43. The van der Waals surface area contributed by atoms with E-state index in [1.54, 1.807) is 0 Å². The standard InChI is InChI=1S/C13H17F3N2O2.2ClH/c1-20-10-7-8(14)6-9(12(10)19)11(13(15)16)18-4-2-17-3-5-18;;/h6-7,11,13,17,19H,2-5H2,1H3;2*1H/t11-;;/m1../s1. The highest BCUT2D eigenvalue weighted by molar-refractivity contribution is 5.85. The third-order valence-electron chi connectivity index (χ3n) is 3.39. The lowest BCUT2D eigenvalue weighted by molar-refractivity contribution is 0.0167. The van der Waals surface area contributed by atoms with Gasteiger partial charge in [-0.05, 0) is 6.07 Å². The SMILES string of the molecule is COc1cc(F)cc([C@H](C(F)F)N2CCNCC2)c1O.Cl.Cl. The summed E-state index contributed by atoms with van der Waals surface area (Å²) in [4.78, 5) is 1.54. The number of halogens is 5. The minimum Gasteiger partial charge on any atom is -0.504 e. The molecule has 0 radical (unpaired) electrons. The minimum absolute atomic E-state index is 0. The third kappa shape index (κ3) is 4.55. The first-order valence-corrected chi connectivity index (χ1v) is 6.34. The van der Waals surface area contributed by atoms with Gasteiger partial charge < -0.3 is 15.2 Å². The van der Waals surface area contributed by atoms with Gasteiger partial charge in [0.25, 0.3) is 6.43 Å². The van der Waals surface area contributed by atoms with Crippen LogP contribution < -0.4 is 10.1 Å². The molecule has 1 aliphatic heterocycles. The second-order valence-corrected chi connectivity index (χ2v) is 4.61. The van der Waals surface area contributed by atoms with Crippen molar-refractivity contribution in [2.45, 2.75) is 12.5 Å². The van der Waals surface area contributed by atoms with Crippen LogP contribution in [0.25, 0.3) is 0 Å². The Hall–Kier alpha value is -0.890. The smallest absolute Gasteiger partial charge is 0.258 e. The number of alkyl halides is 2. The molecule has 22 heavy (non-hydrogen) atoms. The molecule has 1 aromatic carbocycles. The van der Waals surface area contributed by atoms with Crippen LogP contribution >= 0.6 is 24.8 Å². The summed E-state index contributed by atoms with van der Waals surface area (Å²) in [5.74, 6) is -1.28. The summed E-state index contributed by atoms with van der Waals surface area (Å²) in [6.07, 6.45) is -2.73. The zero-order valence-electron chi connectivity index (χ0n) is 11.9. The lowest BCUT2D eigenvalue weighted by Crippen LogP contribution is -2.46. The van der Waals surface area contributed by atoms with Crippen molar-refractivity contribution in [2.75, 3.05) is 33.3 Å². The number of aromatic hydroxyl groups is 1. The molecule has 1 heterocycles. The van der Waals surface area contributed by atoms with E-state index in [4.69, 9.17) is 4.74 Å². The number of benzene rings is 1. The fraction of sp³-hybridized carbons (Fsp3) is 0.538. The third-order valence-corrected chi connectivity index (χ3v) is 3.39. The van der Waals surface area contributed by atoms with E-state index >= 15 is 0 Å². The van der Waals surface area contributed by atoms with Gasteiger partial charge in [0, 0.05) is 37.8 Å². The quantitative estimate of drug-likeness (QED) is 0.863. The highest BCUT2D eigenvalue weighted by Crippen LogP contribution is 2.39. The molecule has 0 aromatic heterocycles. The molecule has 4 nitrogen and oxygen atoms in total. The first kappa shape index (κ1) is 21.1. The number of phenolic OH excluding ortho intramolecular Hbond substituents is 1. The molecule has 128 valence electrons. The summed E-state index contributed by atoms with van der Waals surface area (Å²) in [6, 6.07) is 0.567. The van der Waals surface area contributed by atoms with Crippen molar-refractivity contribution in [1.29, 1.82) is 0 Å². The van der Waals surface area contributed by atoms with Gasteiger partial charge in [-0.25, -0.2) is 13.2 Å². The Bertz CT molecular complexity index is 475. The molecule has 0 unspecified atom stereocenters. The minimum atomic E-state index is -2.73. The lowest BCUT2D eigenvalue weighted by Gasteiger charge is -2.35. The zero-order valence-corrected chi connectivity index (χ0v) is 13.5. The van der Waals surface area contributed by atoms with Crippen molar-refractivity contribution < 1.29 is 23.0 Å². The van der Waals surface area contributed by atoms with E-state index < -0.39 is 24.0 Å². The first-order valence-electron chi connectivity index (χ1n) is 6.34. The summed E-state index contributed by atoms with van der Waals surface area (Å²) >= 11 is 0. The number of rotatable bonds is 4. The maximum Gasteiger partial charge on any atom is 0.258 e. The van der Waals surface area contributed by atoms with Crippen LogP contribution in [0, 0.1) is 5.82 Å². The van der Waals surface area contributed by atoms with E-state index in [0.717, 1.165) is 12.1 Å². The molecule has 1 atom stereocenters. The summed E-state index contributed by atoms with van der Waals surface area (Å²) in [6.45, 7) is 1.98. The second-order valence-electron chi connectivity index (χ2n) is 4.61. The van der Waals surface area contributed by atoms with Crippen LogP contribution in [-0.2, 0) is 0 Å². The van der Waals surface area contributed by atoms with E-state index in [1.165, 1.54) is 12.0 Å². The van der Waals surface area contributed by atoms with Gasteiger partial charge in [0.05, 0.1) is 7.11 Å². The predicted octanol–water partition coefficient (Wildman–Crippen LogP) is 2.59. The maximum atomic E-state index is 13.5. The normalized spacial score (nSPS) is 16.6. The topological polar surface area (TPSA) is 44.7 Å². The van der Waals surface area contributed by atoms with Crippen molar-refractivity contribution in [3.8, 4) is 11.5 Å². The predicted molar refractivity (Wildman–Crippen MR) is 82.3 cm³/mol. The van der Waals surface area contributed by atoms with Crippen LogP contribution in [0.5, 0.6) is 11.5 Å².